The van der Waals surface area contributed by atoms with E-state index in [-0.39, 0.29) is 0 Å². The van der Waals surface area contributed by atoms with Crippen LogP contribution < -0.4 is 5.32 Å². The number of aromatic nitrogens is 4. The second kappa shape index (κ2) is 6.54. The van der Waals surface area contributed by atoms with Crippen LogP contribution in [0.15, 0.2) is 42.7 Å². The Morgan fingerprint density at radius 1 is 1.19 bits per heavy atom. The molecule has 2 heterocycles. The van der Waals surface area contributed by atoms with Crippen molar-refractivity contribution in [3.63, 3.8) is 0 Å². The van der Waals surface area contributed by atoms with Gasteiger partial charge in [-0.3, -0.25) is 4.68 Å². The van der Waals surface area contributed by atoms with Gasteiger partial charge in [-0.2, -0.15) is 5.10 Å². The maximum atomic E-state index is 4.71. The number of fused-ring (bicyclic) bond motifs is 1. The van der Waals surface area contributed by atoms with Gasteiger partial charge in [-0.05, 0) is 38.1 Å². The predicted octanol–water partition coefficient (Wildman–Crippen LogP) is 2.43. The average molecular weight is 283 g/mol. The summed E-state index contributed by atoms with van der Waals surface area (Å²) in [6, 6.07) is 10.3. The second-order valence-electron chi connectivity index (χ2n) is 5.06. The number of aryl methyl sites for hydroxylation is 2. The van der Waals surface area contributed by atoms with Crippen molar-refractivity contribution in [1.82, 2.24) is 24.6 Å². The Morgan fingerprint density at radius 2 is 2.10 bits per heavy atom. The molecule has 3 aromatic rings. The highest BCUT2D eigenvalue weighted by Crippen LogP contribution is 2.15. The number of nitrogens with zero attached hydrogens (tertiary/aromatic N) is 4. The predicted molar refractivity (Wildman–Crippen MR) is 84.0 cm³/mol. The van der Waals surface area contributed by atoms with Gasteiger partial charge in [0.2, 0.25) is 0 Å². The van der Waals surface area contributed by atoms with Crippen LogP contribution in [0.3, 0.4) is 0 Å². The second-order valence-corrected chi connectivity index (χ2v) is 5.06. The number of para-hydroxylation sites is 2. The Hall–Kier alpha value is -2.14. The quantitative estimate of drug-likeness (QED) is 0.677. The maximum Gasteiger partial charge on any atom is 0.123 e. The molecule has 5 heteroatoms. The standard InChI is InChI=1S/C16H21N5/c1-2-21-15-8-4-3-7-14(15)19-16(21)13-17-9-5-11-20-12-6-10-18-20/h3-4,6-8,10,12,17H,2,5,9,11,13H2,1H3. The van der Waals surface area contributed by atoms with Gasteiger partial charge in [0.15, 0.2) is 0 Å². The SMILES string of the molecule is CCn1c(CNCCCn2cccn2)nc2ccccc21. The summed E-state index contributed by atoms with van der Waals surface area (Å²) in [6.07, 6.45) is 4.88. The third-order valence-corrected chi connectivity index (χ3v) is 3.63. The molecule has 0 aliphatic heterocycles. The van der Waals surface area contributed by atoms with E-state index < -0.39 is 0 Å². The van der Waals surface area contributed by atoms with Crippen LogP contribution >= 0.6 is 0 Å². The lowest BCUT2D eigenvalue weighted by molar-refractivity contribution is 0.532. The average Bonchev–Trinajstić information content (AvgIpc) is 3.13. The molecule has 0 amide bonds. The molecule has 0 aliphatic carbocycles. The van der Waals surface area contributed by atoms with Crippen LogP contribution in [0.25, 0.3) is 11.0 Å². The lowest BCUT2D eigenvalue weighted by atomic mass is 10.3. The lowest BCUT2D eigenvalue weighted by Gasteiger charge is -2.07. The molecule has 1 N–H and O–H groups in total. The first kappa shape index (κ1) is 13.8. The van der Waals surface area contributed by atoms with E-state index in [0.29, 0.717) is 0 Å². The van der Waals surface area contributed by atoms with Gasteiger partial charge in [0.25, 0.3) is 0 Å². The first-order valence-corrected chi connectivity index (χ1v) is 7.51. The Morgan fingerprint density at radius 3 is 2.90 bits per heavy atom. The molecular weight excluding hydrogens is 262 g/mol. The summed E-state index contributed by atoms with van der Waals surface area (Å²) in [5.41, 5.74) is 2.29. The molecule has 0 spiro atoms. The molecule has 3 rings (SSSR count). The molecule has 1 aromatic carbocycles. The maximum absolute atomic E-state index is 4.71. The van der Waals surface area contributed by atoms with Gasteiger partial charge >= 0.3 is 0 Å². The molecule has 21 heavy (non-hydrogen) atoms. The Labute approximate surface area is 124 Å². The van der Waals surface area contributed by atoms with Crippen LogP contribution in [0, 0.1) is 0 Å². The zero-order valence-electron chi connectivity index (χ0n) is 12.4. The van der Waals surface area contributed by atoms with Crippen molar-refractivity contribution in [3.8, 4) is 0 Å². The normalized spacial score (nSPS) is 11.3. The minimum absolute atomic E-state index is 0.807. The van der Waals surface area contributed by atoms with E-state index in [1.807, 2.05) is 29.2 Å². The number of imidazole rings is 1. The van der Waals surface area contributed by atoms with E-state index in [9.17, 15) is 0 Å². The molecule has 0 aliphatic rings. The van der Waals surface area contributed by atoms with Gasteiger partial charge < -0.3 is 9.88 Å². The van der Waals surface area contributed by atoms with Crippen LogP contribution in [0.5, 0.6) is 0 Å². The Balaban J connectivity index is 1.55. The molecular formula is C16H21N5. The third-order valence-electron chi connectivity index (χ3n) is 3.63. The molecule has 2 aromatic heterocycles. The fraction of sp³-hybridized carbons (Fsp3) is 0.375. The van der Waals surface area contributed by atoms with Crippen LogP contribution in [-0.4, -0.2) is 25.9 Å². The fourth-order valence-corrected chi connectivity index (χ4v) is 2.61. The number of hydrogen-bond donors (Lipinski definition) is 1. The molecule has 5 nitrogen and oxygen atoms in total. The molecule has 110 valence electrons. The smallest absolute Gasteiger partial charge is 0.123 e. The van der Waals surface area contributed by atoms with Gasteiger partial charge in [-0.25, -0.2) is 4.98 Å². The van der Waals surface area contributed by atoms with Gasteiger partial charge in [-0.1, -0.05) is 12.1 Å². The molecule has 0 saturated carbocycles. The summed E-state index contributed by atoms with van der Waals surface area (Å²) < 4.78 is 4.23. The third kappa shape index (κ3) is 3.13. The van der Waals surface area contributed by atoms with Gasteiger partial charge in [-0.15, -0.1) is 0 Å². The molecule has 0 saturated heterocycles. The van der Waals surface area contributed by atoms with Crippen molar-refractivity contribution in [3.05, 3.63) is 48.5 Å². The van der Waals surface area contributed by atoms with Gasteiger partial charge in [0.05, 0.1) is 17.6 Å². The van der Waals surface area contributed by atoms with Gasteiger partial charge in [0.1, 0.15) is 5.82 Å². The molecule has 0 radical (unpaired) electrons. The van der Waals surface area contributed by atoms with Crippen molar-refractivity contribution in [1.29, 1.82) is 0 Å². The van der Waals surface area contributed by atoms with Crippen LogP contribution in [0.1, 0.15) is 19.2 Å². The largest absolute Gasteiger partial charge is 0.327 e. The van der Waals surface area contributed by atoms with E-state index >= 15 is 0 Å². The first-order valence-electron chi connectivity index (χ1n) is 7.51. The molecule has 0 bridgehead atoms. The van der Waals surface area contributed by atoms with E-state index in [1.165, 1.54) is 5.52 Å². The van der Waals surface area contributed by atoms with Crippen molar-refractivity contribution >= 4 is 11.0 Å². The van der Waals surface area contributed by atoms with Crippen molar-refractivity contribution in [2.45, 2.75) is 33.0 Å². The summed E-state index contributed by atoms with van der Waals surface area (Å²) in [4.78, 5) is 4.71. The van der Waals surface area contributed by atoms with E-state index in [4.69, 9.17) is 4.98 Å². The van der Waals surface area contributed by atoms with E-state index in [2.05, 4.69) is 40.1 Å². The minimum Gasteiger partial charge on any atom is -0.327 e. The van der Waals surface area contributed by atoms with Crippen LogP contribution in [0.4, 0.5) is 0 Å². The number of hydrogen-bond acceptors (Lipinski definition) is 3. The van der Waals surface area contributed by atoms with E-state index in [0.717, 1.165) is 43.9 Å². The highest BCUT2D eigenvalue weighted by atomic mass is 15.3. The van der Waals surface area contributed by atoms with Crippen LogP contribution in [0.2, 0.25) is 0 Å². The monoisotopic (exact) mass is 283 g/mol. The zero-order valence-corrected chi connectivity index (χ0v) is 12.4. The molecule has 0 fully saturated rings. The number of nitrogens with one attached hydrogen (secondary N) is 1. The Kier molecular flexibility index (Phi) is 4.31. The summed E-state index contributed by atoms with van der Waals surface area (Å²) in [5.74, 6) is 1.11. The summed E-state index contributed by atoms with van der Waals surface area (Å²) in [5, 5.41) is 7.68. The summed E-state index contributed by atoms with van der Waals surface area (Å²) >= 11 is 0. The molecule has 0 unspecified atom stereocenters. The van der Waals surface area contributed by atoms with E-state index in [1.54, 1.807) is 0 Å². The topological polar surface area (TPSA) is 47.7 Å². The Bertz CT molecular complexity index is 684. The number of benzene rings is 1. The fourth-order valence-electron chi connectivity index (χ4n) is 2.61. The molecule has 0 atom stereocenters. The summed E-state index contributed by atoms with van der Waals surface area (Å²) in [7, 11) is 0. The summed E-state index contributed by atoms with van der Waals surface area (Å²) in [6.45, 7) is 5.83. The van der Waals surface area contributed by atoms with Crippen molar-refractivity contribution < 1.29 is 0 Å². The van der Waals surface area contributed by atoms with Gasteiger partial charge in [0, 0.05) is 25.5 Å². The van der Waals surface area contributed by atoms with Crippen molar-refractivity contribution in [2.24, 2.45) is 0 Å². The van der Waals surface area contributed by atoms with Crippen molar-refractivity contribution in [2.75, 3.05) is 6.54 Å². The zero-order chi connectivity index (χ0) is 14.5. The highest BCUT2D eigenvalue weighted by Gasteiger charge is 2.07. The number of rotatable bonds is 7. The van der Waals surface area contributed by atoms with Crippen LogP contribution in [-0.2, 0) is 19.6 Å². The lowest BCUT2D eigenvalue weighted by Crippen LogP contribution is -2.19. The highest BCUT2D eigenvalue weighted by molar-refractivity contribution is 5.75. The minimum atomic E-state index is 0.807. The first-order chi connectivity index (χ1) is 10.4.